The van der Waals surface area contributed by atoms with Gasteiger partial charge in [0.1, 0.15) is 5.58 Å². The summed E-state index contributed by atoms with van der Waals surface area (Å²) in [5.41, 5.74) is 4.51. The standard InChI is InChI=1S/C24H21Cl2N3O2/c1-13-11-28-22-23(30)21-16(25)4-3-5-19(21)31-24(22)20(13)15-6-7-18(17(26)10-15)29-9-8-27-14(2)12-29/h3-7,10-11,14,27H,8-9,12H2,1-2H3/t14-/m0/s1. The van der Waals surface area contributed by atoms with Gasteiger partial charge in [-0.3, -0.25) is 4.79 Å². The summed E-state index contributed by atoms with van der Waals surface area (Å²) in [6, 6.07) is 11.6. The third kappa shape index (κ3) is 3.47. The Morgan fingerprint density at radius 1 is 1.19 bits per heavy atom. The topological polar surface area (TPSA) is 58.4 Å². The van der Waals surface area contributed by atoms with Crippen molar-refractivity contribution in [2.75, 3.05) is 24.5 Å². The molecule has 5 rings (SSSR count). The van der Waals surface area contributed by atoms with Gasteiger partial charge in [-0.05, 0) is 49.2 Å². The lowest BCUT2D eigenvalue weighted by Crippen LogP contribution is -2.49. The summed E-state index contributed by atoms with van der Waals surface area (Å²) in [5, 5.41) is 4.82. The molecule has 0 radical (unpaired) electrons. The average Bonchev–Trinajstić information content (AvgIpc) is 2.73. The van der Waals surface area contributed by atoms with E-state index in [1.807, 2.05) is 25.1 Å². The third-order valence-corrected chi connectivity index (χ3v) is 6.42. The van der Waals surface area contributed by atoms with Crippen molar-refractivity contribution in [3.8, 4) is 11.1 Å². The molecular formula is C24H21Cl2N3O2. The van der Waals surface area contributed by atoms with Crippen LogP contribution in [0.3, 0.4) is 0 Å². The number of nitrogens with zero attached hydrogens (tertiary/aromatic N) is 2. The maximum Gasteiger partial charge on any atom is 0.220 e. The van der Waals surface area contributed by atoms with Crippen molar-refractivity contribution in [1.82, 2.24) is 10.3 Å². The largest absolute Gasteiger partial charge is 0.453 e. The highest BCUT2D eigenvalue weighted by Gasteiger charge is 2.21. The summed E-state index contributed by atoms with van der Waals surface area (Å²) in [4.78, 5) is 19.8. The first-order valence-electron chi connectivity index (χ1n) is 10.2. The SMILES string of the molecule is Cc1cnc2c(=O)c3c(Cl)cccc3oc2c1-c1ccc(N2CCN[C@@H](C)C2)c(Cl)c1. The van der Waals surface area contributed by atoms with E-state index in [1.54, 1.807) is 24.4 Å². The van der Waals surface area contributed by atoms with Gasteiger partial charge in [-0.25, -0.2) is 4.98 Å². The van der Waals surface area contributed by atoms with Crippen LogP contribution in [-0.4, -0.2) is 30.7 Å². The predicted molar refractivity (Wildman–Crippen MR) is 128 cm³/mol. The summed E-state index contributed by atoms with van der Waals surface area (Å²) in [7, 11) is 0. The van der Waals surface area contributed by atoms with Gasteiger partial charge in [0.05, 0.1) is 21.1 Å². The van der Waals surface area contributed by atoms with Crippen LogP contribution in [0.15, 0.2) is 51.8 Å². The molecule has 1 fully saturated rings. The molecule has 2 aromatic heterocycles. The first kappa shape index (κ1) is 20.3. The summed E-state index contributed by atoms with van der Waals surface area (Å²) in [5.74, 6) is 0. The Morgan fingerprint density at radius 2 is 2.03 bits per heavy atom. The molecule has 2 aromatic carbocycles. The van der Waals surface area contributed by atoms with Crippen LogP contribution in [0.5, 0.6) is 0 Å². The number of pyridine rings is 1. The molecule has 1 N–H and O–H groups in total. The van der Waals surface area contributed by atoms with Gasteiger partial charge in [0.15, 0.2) is 11.1 Å². The molecule has 0 amide bonds. The van der Waals surface area contributed by atoms with Crippen LogP contribution in [0.4, 0.5) is 5.69 Å². The molecule has 31 heavy (non-hydrogen) atoms. The second kappa shape index (κ2) is 7.83. The summed E-state index contributed by atoms with van der Waals surface area (Å²) in [6.45, 7) is 6.84. The molecule has 1 aliphatic rings. The van der Waals surface area contributed by atoms with Gasteiger partial charge in [0.2, 0.25) is 5.43 Å². The quantitative estimate of drug-likeness (QED) is 0.410. The lowest BCUT2D eigenvalue weighted by atomic mass is 9.99. The molecule has 0 unspecified atom stereocenters. The van der Waals surface area contributed by atoms with Crippen molar-refractivity contribution in [3.05, 3.63) is 68.4 Å². The minimum atomic E-state index is -0.236. The second-order valence-electron chi connectivity index (χ2n) is 8.01. The fraction of sp³-hybridized carbons (Fsp3) is 0.250. The van der Waals surface area contributed by atoms with E-state index in [4.69, 9.17) is 27.6 Å². The smallest absolute Gasteiger partial charge is 0.220 e. The number of hydrogen-bond acceptors (Lipinski definition) is 5. The van der Waals surface area contributed by atoms with Crippen LogP contribution < -0.4 is 15.6 Å². The maximum absolute atomic E-state index is 13.1. The predicted octanol–water partition coefficient (Wildman–Crippen LogP) is 5.42. The van der Waals surface area contributed by atoms with Gasteiger partial charge >= 0.3 is 0 Å². The van der Waals surface area contributed by atoms with Crippen molar-refractivity contribution >= 4 is 51.0 Å². The van der Waals surface area contributed by atoms with Gasteiger partial charge in [0.25, 0.3) is 0 Å². The lowest BCUT2D eigenvalue weighted by Gasteiger charge is -2.34. The first-order chi connectivity index (χ1) is 14.9. The van der Waals surface area contributed by atoms with Crippen LogP contribution >= 0.6 is 23.2 Å². The molecule has 158 valence electrons. The zero-order valence-corrected chi connectivity index (χ0v) is 18.7. The molecule has 7 heteroatoms. The minimum absolute atomic E-state index is 0.236. The Morgan fingerprint density at radius 3 is 2.81 bits per heavy atom. The average molecular weight is 454 g/mol. The number of benzene rings is 2. The van der Waals surface area contributed by atoms with Crippen LogP contribution in [-0.2, 0) is 0 Å². The molecule has 0 bridgehead atoms. The molecule has 0 aliphatic carbocycles. The normalized spacial score (nSPS) is 16.9. The van der Waals surface area contributed by atoms with Gasteiger partial charge < -0.3 is 14.6 Å². The summed E-state index contributed by atoms with van der Waals surface area (Å²) >= 11 is 13.0. The highest BCUT2D eigenvalue weighted by atomic mass is 35.5. The number of anilines is 1. The van der Waals surface area contributed by atoms with Crippen LogP contribution in [0.25, 0.3) is 33.2 Å². The van der Waals surface area contributed by atoms with E-state index in [0.29, 0.717) is 32.6 Å². The van der Waals surface area contributed by atoms with Crippen molar-refractivity contribution < 1.29 is 4.42 Å². The van der Waals surface area contributed by atoms with Crippen molar-refractivity contribution in [2.24, 2.45) is 0 Å². The number of aromatic nitrogens is 1. The van der Waals surface area contributed by atoms with E-state index in [9.17, 15) is 4.79 Å². The molecule has 0 spiro atoms. The third-order valence-electron chi connectivity index (χ3n) is 5.80. The van der Waals surface area contributed by atoms with E-state index in [2.05, 4.69) is 22.1 Å². The molecule has 1 atom stereocenters. The zero-order chi connectivity index (χ0) is 21.7. The lowest BCUT2D eigenvalue weighted by molar-refractivity contribution is 0.485. The number of piperazine rings is 1. The molecule has 1 saturated heterocycles. The fourth-order valence-corrected chi connectivity index (χ4v) is 4.86. The summed E-state index contributed by atoms with van der Waals surface area (Å²) < 4.78 is 6.17. The fourth-order valence-electron chi connectivity index (χ4n) is 4.31. The number of fused-ring (bicyclic) bond motifs is 2. The minimum Gasteiger partial charge on any atom is -0.453 e. The maximum atomic E-state index is 13.1. The molecule has 0 saturated carbocycles. The zero-order valence-electron chi connectivity index (χ0n) is 17.2. The van der Waals surface area contributed by atoms with Gasteiger partial charge in [-0.1, -0.05) is 35.3 Å². The number of aryl methyl sites for hydroxylation is 1. The Bertz CT molecular complexity index is 1380. The van der Waals surface area contributed by atoms with Crippen molar-refractivity contribution in [2.45, 2.75) is 19.9 Å². The van der Waals surface area contributed by atoms with Crippen LogP contribution in [0, 0.1) is 6.92 Å². The highest BCUT2D eigenvalue weighted by molar-refractivity contribution is 6.35. The van der Waals surface area contributed by atoms with E-state index < -0.39 is 0 Å². The van der Waals surface area contributed by atoms with Gasteiger partial charge in [0, 0.05) is 37.4 Å². The molecule has 4 aromatic rings. The van der Waals surface area contributed by atoms with Crippen molar-refractivity contribution in [1.29, 1.82) is 0 Å². The molecule has 1 aliphatic heterocycles. The highest BCUT2D eigenvalue weighted by Crippen LogP contribution is 2.37. The second-order valence-corrected chi connectivity index (χ2v) is 8.82. The molecular weight excluding hydrogens is 433 g/mol. The number of halogens is 2. The Hall–Kier alpha value is -2.60. The number of nitrogens with one attached hydrogen (secondary N) is 1. The molecule has 3 heterocycles. The summed E-state index contributed by atoms with van der Waals surface area (Å²) in [6.07, 6.45) is 1.69. The van der Waals surface area contributed by atoms with Gasteiger partial charge in [-0.15, -0.1) is 0 Å². The van der Waals surface area contributed by atoms with Crippen LogP contribution in [0.2, 0.25) is 10.0 Å². The van der Waals surface area contributed by atoms with E-state index in [-0.39, 0.29) is 10.9 Å². The van der Waals surface area contributed by atoms with Crippen molar-refractivity contribution in [3.63, 3.8) is 0 Å². The van der Waals surface area contributed by atoms with E-state index in [1.165, 1.54) is 0 Å². The molecule has 5 nitrogen and oxygen atoms in total. The number of hydrogen-bond donors (Lipinski definition) is 1. The number of rotatable bonds is 2. The monoisotopic (exact) mass is 453 g/mol. The van der Waals surface area contributed by atoms with Crippen LogP contribution in [0.1, 0.15) is 12.5 Å². The van der Waals surface area contributed by atoms with Gasteiger partial charge in [-0.2, -0.15) is 0 Å². The van der Waals surface area contributed by atoms with E-state index in [0.717, 1.165) is 42.0 Å². The Balaban J connectivity index is 1.70. The first-order valence-corrected chi connectivity index (χ1v) is 11.0. The van der Waals surface area contributed by atoms with E-state index >= 15 is 0 Å². The Labute approximate surface area is 189 Å². The Kier molecular flexibility index (Phi) is 5.13.